The molecule has 1 heterocycles. The van der Waals surface area contributed by atoms with Crippen molar-refractivity contribution in [1.29, 1.82) is 0 Å². The van der Waals surface area contributed by atoms with Crippen LogP contribution in [-0.4, -0.2) is 39.0 Å². The predicted molar refractivity (Wildman–Crippen MR) is 93.7 cm³/mol. The Hall–Kier alpha value is -0.910. The normalized spacial score (nSPS) is 32.0. The van der Waals surface area contributed by atoms with E-state index in [-0.39, 0.29) is 11.8 Å². The van der Waals surface area contributed by atoms with Gasteiger partial charge in [0.25, 0.3) is 0 Å². The SMILES string of the molecule is Cc1ccc(S(=O)(=O)C[C@H](C)N[C@@H]2[C@H]3CCO[C@@H]3C23CCC3)cc1. The Morgan fingerprint density at radius 1 is 1.29 bits per heavy atom. The van der Waals surface area contributed by atoms with E-state index in [2.05, 4.69) is 5.32 Å². The van der Waals surface area contributed by atoms with Gasteiger partial charge in [-0.1, -0.05) is 24.1 Å². The second-order valence-corrected chi connectivity index (χ2v) is 10.0. The van der Waals surface area contributed by atoms with E-state index in [0.29, 0.717) is 28.4 Å². The van der Waals surface area contributed by atoms with Gasteiger partial charge in [-0.3, -0.25) is 0 Å². The molecule has 2 aliphatic carbocycles. The zero-order valence-corrected chi connectivity index (χ0v) is 15.3. The van der Waals surface area contributed by atoms with Crippen molar-refractivity contribution in [2.45, 2.75) is 62.6 Å². The molecule has 4 nitrogen and oxygen atoms in total. The molecule has 1 spiro atoms. The van der Waals surface area contributed by atoms with E-state index in [0.717, 1.165) is 18.6 Å². The van der Waals surface area contributed by atoms with Gasteiger partial charge < -0.3 is 10.1 Å². The average molecular weight is 349 g/mol. The second kappa shape index (κ2) is 5.82. The number of benzene rings is 1. The van der Waals surface area contributed by atoms with E-state index in [1.807, 2.05) is 26.0 Å². The molecular weight excluding hydrogens is 322 g/mol. The van der Waals surface area contributed by atoms with Crippen LogP contribution < -0.4 is 5.32 Å². The lowest BCUT2D eigenvalue weighted by Gasteiger charge is -2.64. The summed E-state index contributed by atoms with van der Waals surface area (Å²) < 4.78 is 31.2. The summed E-state index contributed by atoms with van der Waals surface area (Å²) in [6.07, 6.45) is 5.26. The Balaban J connectivity index is 1.43. The lowest BCUT2D eigenvalue weighted by atomic mass is 9.46. The molecular formula is C19H27NO3S. The van der Waals surface area contributed by atoms with Crippen LogP contribution in [0.15, 0.2) is 29.2 Å². The Morgan fingerprint density at radius 3 is 2.62 bits per heavy atom. The second-order valence-electron chi connectivity index (χ2n) is 7.97. The first-order chi connectivity index (χ1) is 11.4. The Bertz CT molecular complexity index is 709. The Kier molecular flexibility index (Phi) is 4.01. The molecule has 132 valence electrons. The Labute approximate surface area is 144 Å². The fourth-order valence-corrected chi connectivity index (χ4v) is 6.52. The number of fused-ring (bicyclic) bond motifs is 2. The lowest BCUT2D eigenvalue weighted by molar-refractivity contribution is -0.177. The predicted octanol–water partition coefficient (Wildman–Crippen LogP) is 2.70. The molecule has 0 amide bonds. The van der Waals surface area contributed by atoms with E-state index in [4.69, 9.17) is 4.74 Å². The largest absolute Gasteiger partial charge is 0.377 e. The number of sulfone groups is 1. The fourth-order valence-electron chi connectivity index (χ4n) is 5.02. The van der Waals surface area contributed by atoms with Gasteiger partial charge in [-0.05, 0) is 45.2 Å². The minimum absolute atomic E-state index is 0.0414. The summed E-state index contributed by atoms with van der Waals surface area (Å²) in [6.45, 7) is 4.84. The minimum Gasteiger partial charge on any atom is -0.377 e. The van der Waals surface area contributed by atoms with Crippen molar-refractivity contribution < 1.29 is 13.2 Å². The maximum atomic E-state index is 12.6. The molecule has 1 N–H and O–H groups in total. The third-order valence-corrected chi connectivity index (χ3v) is 8.28. The monoisotopic (exact) mass is 349 g/mol. The van der Waals surface area contributed by atoms with Gasteiger partial charge in [0.15, 0.2) is 9.84 Å². The summed E-state index contributed by atoms with van der Waals surface area (Å²) >= 11 is 0. The molecule has 0 bridgehead atoms. The molecule has 1 aromatic carbocycles. The molecule has 0 aromatic heterocycles. The summed E-state index contributed by atoms with van der Waals surface area (Å²) in [5, 5.41) is 3.66. The van der Waals surface area contributed by atoms with Crippen LogP contribution in [0.5, 0.6) is 0 Å². The molecule has 0 radical (unpaired) electrons. The van der Waals surface area contributed by atoms with Gasteiger partial charge in [0, 0.05) is 30.0 Å². The third-order valence-electron chi connectivity index (χ3n) is 6.35. The molecule has 3 aliphatic rings. The summed E-state index contributed by atoms with van der Waals surface area (Å²) in [6, 6.07) is 7.55. The number of rotatable bonds is 5. The zero-order chi connectivity index (χ0) is 16.9. The van der Waals surface area contributed by atoms with Crippen LogP contribution >= 0.6 is 0 Å². The minimum atomic E-state index is -3.25. The summed E-state index contributed by atoms with van der Waals surface area (Å²) in [5.41, 5.74) is 1.37. The van der Waals surface area contributed by atoms with Gasteiger partial charge in [-0.15, -0.1) is 0 Å². The highest BCUT2D eigenvalue weighted by molar-refractivity contribution is 7.91. The molecule has 2 saturated carbocycles. The van der Waals surface area contributed by atoms with Crippen molar-refractivity contribution in [2.24, 2.45) is 11.3 Å². The maximum absolute atomic E-state index is 12.6. The summed E-state index contributed by atoms with van der Waals surface area (Å²) in [7, 11) is -3.25. The highest BCUT2D eigenvalue weighted by atomic mass is 32.2. The van der Waals surface area contributed by atoms with E-state index in [9.17, 15) is 8.42 Å². The van der Waals surface area contributed by atoms with Gasteiger partial charge in [0.2, 0.25) is 0 Å². The van der Waals surface area contributed by atoms with E-state index < -0.39 is 9.84 Å². The van der Waals surface area contributed by atoms with Crippen LogP contribution in [0.4, 0.5) is 0 Å². The highest BCUT2D eigenvalue weighted by Gasteiger charge is 2.66. The van der Waals surface area contributed by atoms with Gasteiger partial charge in [-0.2, -0.15) is 0 Å². The van der Waals surface area contributed by atoms with Crippen LogP contribution in [0.2, 0.25) is 0 Å². The van der Waals surface area contributed by atoms with Crippen molar-refractivity contribution in [2.75, 3.05) is 12.4 Å². The molecule has 1 aliphatic heterocycles. The van der Waals surface area contributed by atoms with Crippen molar-refractivity contribution in [3.05, 3.63) is 29.8 Å². The first-order valence-electron chi connectivity index (χ1n) is 9.09. The average Bonchev–Trinajstić information content (AvgIpc) is 2.88. The van der Waals surface area contributed by atoms with E-state index >= 15 is 0 Å². The first kappa shape index (κ1) is 16.6. The highest BCUT2D eigenvalue weighted by Crippen LogP contribution is 2.62. The number of nitrogens with one attached hydrogen (secondary N) is 1. The van der Waals surface area contributed by atoms with Crippen LogP contribution in [-0.2, 0) is 14.6 Å². The molecule has 4 rings (SSSR count). The maximum Gasteiger partial charge on any atom is 0.179 e. The van der Waals surface area contributed by atoms with Crippen molar-refractivity contribution >= 4 is 9.84 Å². The summed E-state index contributed by atoms with van der Waals surface area (Å²) in [5.74, 6) is 0.732. The van der Waals surface area contributed by atoms with Gasteiger partial charge >= 0.3 is 0 Å². The number of aryl methyl sites for hydroxylation is 1. The molecule has 1 saturated heterocycles. The zero-order valence-electron chi connectivity index (χ0n) is 14.5. The molecule has 24 heavy (non-hydrogen) atoms. The lowest BCUT2D eigenvalue weighted by Crippen LogP contribution is -2.72. The van der Waals surface area contributed by atoms with Crippen LogP contribution in [0.25, 0.3) is 0 Å². The summed E-state index contributed by atoms with van der Waals surface area (Å²) in [4.78, 5) is 0.427. The number of ether oxygens (including phenoxy) is 1. The Morgan fingerprint density at radius 2 is 2.00 bits per heavy atom. The van der Waals surface area contributed by atoms with Gasteiger partial charge in [-0.25, -0.2) is 8.42 Å². The molecule has 3 fully saturated rings. The molecule has 0 unspecified atom stereocenters. The van der Waals surface area contributed by atoms with Crippen LogP contribution in [0.1, 0.15) is 38.2 Å². The number of hydrogen-bond acceptors (Lipinski definition) is 4. The van der Waals surface area contributed by atoms with E-state index in [1.54, 1.807) is 12.1 Å². The van der Waals surface area contributed by atoms with Crippen molar-refractivity contribution in [3.8, 4) is 0 Å². The standard InChI is InChI=1S/C19H27NO3S/c1-13-4-6-15(7-5-13)24(21,22)12-14(2)20-17-16-8-11-23-18(16)19(17)9-3-10-19/h4-7,14,16-18,20H,3,8-12H2,1-2H3/t14-,16+,17+,18-/m0/s1. The number of hydrogen-bond donors (Lipinski definition) is 1. The smallest absolute Gasteiger partial charge is 0.179 e. The third kappa shape index (κ3) is 2.52. The van der Waals surface area contributed by atoms with Crippen LogP contribution in [0, 0.1) is 18.3 Å². The quantitative estimate of drug-likeness (QED) is 0.888. The molecule has 4 atom stereocenters. The van der Waals surface area contributed by atoms with Crippen LogP contribution in [0.3, 0.4) is 0 Å². The molecule has 1 aromatic rings. The topological polar surface area (TPSA) is 55.4 Å². The van der Waals surface area contributed by atoms with E-state index in [1.165, 1.54) is 19.3 Å². The van der Waals surface area contributed by atoms with Gasteiger partial charge in [0.1, 0.15) is 0 Å². The van der Waals surface area contributed by atoms with Crippen molar-refractivity contribution in [1.82, 2.24) is 5.32 Å². The first-order valence-corrected chi connectivity index (χ1v) is 10.7. The van der Waals surface area contributed by atoms with Gasteiger partial charge in [0.05, 0.1) is 16.8 Å². The fraction of sp³-hybridized carbons (Fsp3) is 0.684. The molecule has 5 heteroatoms. The van der Waals surface area contributed by atoms with Crippen molar-refractivity contribution in [3.63, 3.8) is 0 Å².